The Bertz CT molecular complexity index is 574. The number of sulfonamides is 1. The molecule has 0 spiro atoms. The number of hydrogen-bond donors (Lipinski definition) is 1. The molecular formula is C14H26N4O2S. The summed E-state index contributed by atoms with van der Waals surface area (Å²) in [5, 5.41) is 0. The number of piperidine rings is 1. The first-order valence-corrected chi connectivity index (χ1v) is 8.78. The van der Waals surface area contributed by atoms with Gasteiger partial charge in [-0.25, -0.2) is 12.7 Å². The standard InChI is InChI=1S/C14H26N4O2S/c1-16-6-4-12(5-7-16)10-18(3)21(19,20)14-8-13(9-15)17(2)11-14/h8,11-12H,4-7,9-10,15H2,1-3H3. The Morgan fingerprint density at radius 2 is 1.95 bits per heavy atom. The molecule has 0 radical (unpaired) electrons. The molecule has 6 nitrogen and oxygen atoms in total. The van der Waals surface area contributed by atoms with Gasteiger partial charge in [0.15, 0.2) is 0 Å². The number of aromatic nitrogens is 1. The molecule has 0 saturated carbocycles. The maximum atomic E-state index is 12.6. The van der Waals surface area contributed by atoms with Crippen LogP contribution in [0.4, 0.5) is 0 Å². The molecule has 0 bridgehead atoms. The van der Waals surface area contributed by atoms with E-state index in [1.165, 1.54) is 4.31 Å². The largest absolute Gasteiger partial charge is 0.352 e. The molecule has 0 aromatic carbocycles. The van der Waals surface area contributed by atoms with Crippen molar-refractivity contribution in [1.29, 1.82) is 0 Å². The van der Waals surface area contributed by atoms with Crippen molar-refractivity contribution in [3.63, 3.8) is 0 Å². The predicted octanol–water partition coefficient (Wildman–Crippen LogP) is 0.446. The summed E-state index contributed by atoms with van der Waals surface area (Å²) < 4.78 is 28.5. The summed E-state index contributed by atoms with van der Waals surface area (Å²) in [4.78, 5) is 2.62. The fourth-order valence-electron chi connectivity index (χ4n) is 2.81. The van der Waals surface area contributed by atoms with Crippen LogP contribution in [0.15, 0.2) is 17.2 Å². The van der Waals surface area contributed by atoms with Crippen LogP contribution in [0.25, 0.3) is 0 Å². The van der Waals surface area contributed by atoms with Gasteiger partial charge in [-0.15, -0.1) is 0 Å². The lowest BCUT2D eigenvalue weighted by molar-refractivity contribution is 0.202. The minimum atomic E-state index is -3.42. The highest BCUT2D eigenvalue weighted by molar-refractivity contribution is 7.89. The number of aryl methyl sites for hydroxylation is 1. The molecule has 21 heavy (non-hydrogen) atoms. The fourth-order valence-corrected chi connectivity index (χ4v) is 4.15. The van der Waals surface area contributed by atoms with E-state index in [2.05, 4.69) is 11.9 Å². The summed E-state index contributed by atoms with van der Waals surface area (Å²) in [6, 6.07) is 1.67. The van der Waals surface area contributed by atoms with Gasteiger partial charge in [-0.05, 0) is 45.0 Å². The average Bonchev–Trinajstić information content (AvgIpc) is 2.83. The lowest BCUT2D eigenvalue weighted by Gasteiger charge is -2.31. The Hall–Kier alpha value is -0.890. The fraction of sp³-hybridized carbons (Fsp3) is 0.714. The SMILES string of the molecule is CN1CCC(CN(C)S(=O)(=O)c2cc(CN)n(C)c2)CC1. The molecule has 1 aromatic rings. The van der Waals surface area contributed by atoms with Crippen LogP contribution in [-0.4, -0.2) is 55.9 Å². The first-order valence-electron chi connectivity index (χ1n) is 7.34. The van der Waals surface area contributed by atoms with Crippen LogP contribution >= 0.6 is 0 Å². The minimum Gasteiger partial charge on any atom is -0.352 e. The Kier molecular flexibility index (Phi) is 5.08. The van der Waals surface area contributed by atoms with Gasteiger partial charge in [-0.1, -0.05) is 0 Å². The van der Waals surface area contributed by atoms with E-state index in [-0.39, 0.29) is 0 Å². The zero-order valence-corrected chi connectivity index (χ0v) is 13.9. The second-order valence-corrected chi connectivity index (χ2v) is 8.06. The summed E-state index contributed by atoms with van der Waals surface area (Å²) in [5.74, 6) is 0.443. The molecule has 0 unspecified atom stereocenters. The Morgan fingerprint density at radius 1 is 1.33 bits per heavy atom. The number of hydrogen-bond acceptors (Lipinski definition) is 4. The highest BCUT2D eigenvalue weighted by atomic mass is 32.2. The molecular weight excluding hydrogens is 288 g/mol. The average molecular weight is 314 g/mol. The van der Waals surface area contributed by atoms with Gasteiger partial charge in [0, 0.05) is 39.1 Å². The molecule has 0 aliphatic carbocycles. The van der Waals surface area contributed by atoms with E-state index in [0.29, 0.717) is 23.9 Å². The van der Waals surface area contributed by atoms with Gasteiger partial charge >= 0.3 is 0 Å². The van der Waals surface area contributed by atoms with Gasteiger partial charge in [0.25, 0.3) is 0 Å². The Morgan fingerprint density at radius 3 is 2.48 bits per heavy atom. The third-order valence-electron chi connectivity index (χ3n) is 4.35. The molecule has 120 valence electrons. The lowest BCUT2D eigenvalue weighted by Crippen LogP contribution is -2.37. The third-order valence-corrected chi connectivity index (χ3v) is 6.14. The number of nitrogens with two attached hydrogens (primary N) is 1. The maximum Gasteiger partial charge on any atom is 0.244 e. The monoisotopic (exact) mass is 314 g/mol. The Balaban J connectivity index is 2.07. The maximum absolute atomic E-state index is 12.6. The molecule has 1 aliphatic rings. The summed E-state index contributed by atoms with van der Waals surface area (Å²) in [7, 11) is 2.17. The summed E-state index contributed by atoms with van der Waals surface area (Å²) >= 11 is 0. The quantitative estimate of drug-likeness (QED) is 0.856. The minimum absolute atomic E-state index is 0.334. The summed E-state index contributed by atoms with van der Waals surface area (Å²) in [6.45, 7) is 3.01. The Labute approximate surface area is 127 Å². The first-order chi connectivity index (χ1) is 9.84. The van der Waals surface area contributed by atoms with E-state index in [9.17, 15) is 8.42 Å². The molecule has 1 saturated heterocycles. The lowest BCUT2D eigenvalue weighted by atomic mass is 9.97. The van der Waals surface area contributed by atoms with Gasteiger partial charge in [0.2, 0.25) is 10.0 Å². The highest BCUT2D eigenvalue weighted by Crippen LogP contribution is 2.22. The van der Waals surface area contributed by atoms with E-state index in [4.69, 9.17) is 5.73 Å². The van der Waals surface area contributed by atoms with Crippen molar-refractivity contribution in [3.05, 3.63) is 18.0 Å². The van der Waals surface area contributed by atoms with Crippen LogP contribution in [-0.2, 0) is 23.6 Å². The van der Waals surface area contributed by atoms with Crippen LogP contribution in [0.5, 0.6) is 0 Å². The van der Waals surface area contributed by atoms with Crippen molar-refractivity contribution in [1.82, 2.24) is 13.8 Å². The van der Waals surface area contributed by atoms with E-state index in [1.54, 1.807) is 23.9 Å². The van der Waals surface area contributed by atoms with Crippen molar-refractivity contribution in [2.24, 2.45) is 18.7 Å². The number of nitrogens with zero attached hydrogens (tertiary/aromatic N) is 3. The molecule has 1 aliphatic heterocycles. The molecule has 1 aromatic heterocycles. The van der Waals surface area contributed by atoms with Gasteiger partial charge < -0.3 is 15.2 Å². The molecule has 2 heterocycles. The predicted molar refractivity (Wildman–Crippen MR) is 83.3 cm³/mol. The normalized spacial score (nSPS) is 18.5. The molecule has 2 N–H and O–H groups in total. The summed E-state index contributed by atoms with van der Waals surface area (Å²) in [5.41, 5.74) is 6.43. The molecule has 0 atom stereocenters. The van der Waals surface area contributed by atoms with E-state index >= 15 is 0 Å². The molecule has 0 amide bonds. The zero-order chi connectivity index (χ0) is 15.6. The van der Waals surface area contributed by atoms with Crippen LogP contribution in [0, 0.1) is 5.92 Å². The van der Waals surface area contributed by atoms with E-state index < -0.39 is 10.0 Å². The van der Waals surface area contributed by atoms with Crippen molar-refractivity contribution >= 4 is 10.0 Å². The van der Waals surface area contributed by atoms with E-state index in [1.807, 2.05) is 7.05 Å². The number of likely N-dealkylation sites (tertiary alicyclic amines) is 1. The highest BCUT2D eigenvalue weighted by Gasteiger charge is 2.26. The van der Waals surface area contributed by atoms with Gasteiger partial charge in [-0.3, -0.25) is 0 Å². The summed E-state index contributed by atoms with van der Waals surface area (Å²) in [6.07, 6.45) is 3.75. The smallest absolute Gasteiger partial charge is 0.244 e. The first kappa shape index (κ1) is 16.5. The zero-order valence-electron chi connectivity index (χ0n) is 13.1. The van der Waals surface area contributed by atoms with E-state index in [0.717, 1.165) is 31.6 Å². The van der Waals surface area contributed by atoms with Crippen LogP contribution in [0.1, 0.15) is 18.5 Å². The van der Waals surface area contributed by atoms with Crippen LogP contribution < -0.4 is 5.73 Å². The second-order valence-electron chi connectivity index (χ2n) is 6.01. The molecule has 1 fully saturated rings. The van der Waals surface area contributed by atoms with Crippen molar-refractivity contribution in [2.75, 3.05) is 33.7 Å². The van der Waals surface area contributed by atoms with Gasteiger partial charge in [0.05, 0.1) is 0 Å². The third kappa shape index (κ3) is 3.66. The topological polar surface area (TPSA) is 71.6 Å². The van der Waals surface area contributed by atoms with Gasteiger partial charge in [-0.2, -0.15) is 0 Å². The van der Waals surface area contributed by atoms with Crippen molar-refractivity contribution in [2.45, 2.75) is 24.3 Å². The van der Waals surface area contributed by atoms with Crippen molar-refractivity contribution in [3.8, 4) is 0 Å². The molecule has 7 heteroatoms. The van der Waals surface area contributed by atoms with Crippen molar-refractivity contribution < 1.29 is 8.42 Å². The second kappa shape index (κ2) is 6.48. The van der Waals surface area contributed by atoms with Crippen LogP contribution in [0.2, 0.25) is 0 Å². The van der Waals surface area contributed by atoms with Gasteiger partial charge in [0.1, 0.15) is 4.90 Å². The number of rotatable bonds is 5. The molecule has 2 rings (SSSR count). The van der Waals surface area contributed by atoms with Crippen LogP contribution in [0.3, 0.4) is 0 Å².